The third kappa shape index (κ3) is 2.72. The van der Waals surface area contributed by atoms with E-state index in [2.05, 4.69) is 5.32 Å². The van der Waals surface area contributed by atoms with Crippen molar-refractivity contribution in [1.29, 1.82) is 0 Å². The van der Waals surface area contributed by atoms with E-state index >= 15 is 0 Å². The topological polar surface area (TPSA) is 57.6 Å². The molecule has 3 heterocycles. The Morgan fingerprint density at radius 1 is 1.33 bits per heavy atom. The number of likely N-dealkylation sites (tertiary alicyclic amines) is 1. The van der Waals surface area contributed by atoms with Gasteiger partial charge in [0.2, 0.25) is 0 Å². The van der Waals surface area contributed by atoms with Crippen LogP contribution in [0.4, 0.5) is 4.79 Å². The van der Waals surface area contributed by atoms with Crippen molar-refractivity contribution in [1.82, 2.24) is 19.7 Å². The standard InChI is InChI=1S/C14H19ClN4O2/c1-17-9-10(15)8-12(17)13(20)18-5-2-11(3-6-18)19-7-4-16-14(19)21/h8-9,11H,2-7H2,1H3,(H,16,21). The second kappa shape index (κ2) is 5.60. The van der Waals surface area contributed by atoms with Gasteiger partial charge in [0.25, 0.3) is 5.91 Å². The summed E-state index contributed by atoms with van der Waals surface area (Å²) >= 11 is 5.93. The maximum absolute atomic E-state index is 12.5. The van der Waals surface area contributed by atoms with Crippen LogP contribution >= 0.6 is 11.6 Å². The third-order valence-electron chi connectivity index (χ3n) is 4.27. The summed E-state index contributed by atoms with van der Waals surface area (Å²) in [5.41, 5.74) is 0.609. The molecule has 0 radical (unpaired) electrons. The summed E-state index contributed by atoms with van der Waals surface area (Å²) in [7, 11) is 1.82. The van der Waals surface area contributed by atoms with Crippen molar-refractivity contribution in [3.05, 3.63) is 23.0 Å². The summed E-state index contributed by atoms with van der Waals surface area (Å²) in [6.45, 7) is 2.84. The number of rotatable bonds is 2. The van der Waals surface area contributed by atoms with Crippen molar-refractivity contribution < 1.29 is 9.59 Å². The number of halogens is 1. The maximum atomic E-state index is 12.5. The van der Waals surface area contributed by atoms with Gasteiger partial charge in [0.05, 0.1) is 5.02 Å². The molecule has 2 aliphatic rings. The molecule has 3 rings (SSSR count). The molecule has 1 N–H and O–H groups in total. The fourth-order valence-corrected chi connectivity index (χ4v) is 3.36. The van der Waals surface area contributed by atoms with E-state index in [0.29, 0.717) is 23.8 Å². The minimum absolute atomic E-state index is 0.00808. The van der Waals surface area contributed by atoms with Gasteiger partial charge in [0.1, 0.15) is 5.69 Å². The second-order valence-corrected chi connectivity index (χ2v) is 6.04. The summed E-state index contributed by atoms with van der Waals surface area (Å²) in [6.07, 6.45) is 3.39. The Morgan fingerprint density at radius 3 is 2.57 bits per heavy atom. The molecule has 0 aromatic carbocycles. The van der Waals surface area contributed by atoms with E-state index in [4.69, 9.17) is 11.6 Å². The Balaban J connectivity index is 1.62. The minimum atomic E-state index is 0.00808. The third-order valence-corrected chi connectivity index (χ3v) is 4.48. The zero-order valence-electron chi connectivity index (χ0n) is 12.0. The van der Waals surface area contributed by atoms with Crippen LogP contribution in [-0.4, -0.2) is 58.5 Å². The Kier molecular flexibility index (Phi) is 3.80. The van der Waals surface area contributed by atoms with Gasteiger partial charge in [-0.05, 0) is 18.9 Å². The minimum Gasteiger partial charge on any atom is -0.345 e. The Bertz CT molecular complexity index is 563. The average molecular weight is 311 g/mol. The van der Waals surface area contributed by atoms with Crippen molar-refractivity contribution in [2.45, 2.75) is 18.9 Å². The number of piperidine rings is 1. The molecule has 0 saturated carbocycles. The number of hydrogen-bond donors (Lipinski definition) is 1. The largest absolute Gasteiger partial charge is 0.345 e. The summed E-state index contributed by atoms with van der Waals surface area (Å²) < 4.78 is 1.75. The number of nitrogens with one attached hydrogen (secondary N) is 1. The zero-order valence-corrected chi connectivity index (χ0v) is 12.8. The van der Waals surface area contributed by atoms with Gasteiger partial charge in [0, 0.05) is 45.5 Å². The SMILES string of the molecule is Cn1cc(Cl)cc1C(=O)N1CCC(N2CCNC2=O)CC1. The molecule has 2 fully saturated rings. The van der Waals surface area contributed by atoms with Crippen LogP contribution in [0.3, 0.4) is 0 Å². The molecule has 0 unspecified atom stereocenters. The number of carbonyl (C=O) groups excluding carboxylic acids is 2. The van der Waals surface area contributed by atoms with Gasteiger partial charge in [-0.15, -0.1) is 0 Å². The van der Waals surface area contributed by atoms with E-state index in [0.717, 1.165) is 25.9 Å². The van der Waals surface area contributed by atoms with Crippen molar-refractivity contribution in [3.8, 4) is 0 Å². The Hall–Kier alpha value is -1.69. The predicted octanol–water partition coefficient (Wildman–Crippen LogP) is 1.31. The first-order valence-electron chi connectivity index (χ1n) is 7.22. The lowest BCUT2D eigenvalue weighted by molar-refractivity contribution is 0.0657. The average Bonchev–Trinajstić information content (AvgIpc) is 3.04. The number of urea groups is 1. The van der Waals surface area contributed by atoms with E-state index in [1.807, 2.05) is 16.8 Å². The molecule has 1 aromatic rings. The van der Waals surface area contributed by atoms with E-state index in [9.17, 15) is 9.59 Å². The van der Waals surface area contributed by atoms with E-state index in [1.165, 1.54) is 0 Å². The van der Waals surface area contributed by atoms with Gasteiger partial charge in [-0.3, -0.25) is 4.79 Å². The van der Waals surface area contributed by atoms with Crippen LogP contribution in [-0.2, 0) is 7.05 Å². The highest BCUT2D eigenvalue weighted by atomic mass is 35.5. The van der Waals surface area contributed by atoms with Gasteiger partial charge in [-0.1, -0.05) is 11.6 Å². The van der Waals surface area contributed by atoms with Gasteiger partial charge < -0.3 is 19.7 Å². The van der Waals surface area contributed by atoms with Crippen molar-refractivity contribution in [2.75, 3.05) is 26.2 Å². The molecule has 0 aliphatic carbocycles. The number of aryl methyl sites for hydroxylation is 1. The summed E-state index contributed by atoms with van der Waals surface area (Å²) in [6, 6.07) is 1.96. The number of hydrogen-bond acceptors (Lipinski definition) is 2. The number of aromatic nitrogens is 1. The number of carbonyl (C=O) groups is 2. The number of amides is 3. The molecule has 7 heteroatoms. The molecule has 1 aromatic heterocycles. The quantitative estimate of drug-likeness (QED) is 0.895. The molecule has 6 nitrogen and oxygen atoms in total. The smallest absolute Gasteiger partial charge is 0.317 e. The lowest BCUT2D eigenvalue weighted by Crippen LogP contribution is -2.48. The number of nitrogens with zero attached hydrogens (tertiary/aromatic N) is 3. The Morgan fingerprint density at radius 2 is 2.05 bits per heavy atom. The zero-order chi connectivity index (χ0) is 15.0. The molecule has 3 amide bonds. The predicted molar refractivity (Wildman–Crippen MR) is 79.5 cm³/mol. The molecule has 114 valence electrons. The second-order valence-electron chi connectivity index (χ2n) is 5.60. The van der Waals surface area contributed by atoms with Crippen LogP contribution in [0.15, 0.2) is 12.3 Å². The van der Waals surface area contributed by atoms with E-state index in [-0.39, 0.29) is 18.0 Å². The molecular weight excluding hydrogens is 292 g/mol. The van der Waals surface area contributed by atoms with Crippen LogP contribution in [0, 0.1) is 0 Å². The highest BCUT2D eigenvalue weighted by Gasteiger charge is 2.32. The first-order chi connectivity index (χ1) is 10.1. The molecule has 0 bridgehead atoms. The monoisotopic (exact) mass is 310 g/mol. The van der Waals surface area contributed by atoms with Crippen molar-refractivity contribution >= 4 is 23.5 Å². The fraction of sp³-hybridized carbons (Fsp3) is 0.571. The highest BCUT2D eigenvalue weighted by Crippen LogP contribution is 2.21. The van der Waals surface area contributed by atoms with Gasteiger partial charge in [0.15, 0.2) is 0 Å². The van der Waals surface area contributed by atoms with Crippen molar-refractivity contribution in [3.63, 3.8) is 0 Å². The first kappa shape index (κ1) is 14.3. The van der Waals surface area contributed by atoms with Crippen LogP contribution in [0.25, 0.3) is 0 Å². The van der Waals surface area contributed by atoms with E-state index < -0.39 is 0 Å². The first-order valence-corrected chi connectivity index (χ1v) is 7.59. The van der Waals surface area contributed by atoms with Crippen LogP contribution in [0.5, 0.6) is 0 Å². The van der Waals surface area contributed by atoms with Gasteiger partial charge >= 0.3 is 6.03 Å². The van der Waals surface area contributed by atoms with Crippen LogP contribution in [0.1, 0.15) is 23.3 Å². The summed E-state index contributed by atoms with van der Waals surface area (Å²) in [5, 5.41) is 3.40. The lowest BCUT2D eigenvalue weighted by atomic mass is 10.0. The Labute approximate surface area is 128 Å². The normalized spacial score (nSPS) is 20.0. The molecule has 2 saturated heterocycles. The van der Waals surface area contributed by atoms with E-state index in [1.54, 1.807) is 16.8 Å². The van der Waals surface area contributed by atoms with Crippen molar-refractivity contribution in [2.24, 2.45) is 7.05 Å². The maximum Gasteiger partial charge on any atom is 0.317 e. The molecule has 0 spiro atoms. The summed E-state index contributed by atoms with van der Waals surface area (Å²) in [5.74, 6) is 0.00808. The van der Waals surface area contributed by atoms with Crippen LogP contribution in [0.2, 0.25) is 5.02 Å². The van der Waals surface area contributed by atoms with Gasteiger partial charge in [-0.2, -0.15) is 0 Å². The molecule has 0 atom stereocenters. The molecule has 21 heavy (non-hydrogen) atoms. The van der Waals surface area contributed by atoms with Crippen LogP contribution < -0.4 is 5.32 Å². The highest BCUT2D eigenvalue weighted by molar-refractivity contribution is 6.31. The lowest BCUT2D eigenvalue weighted by Gasteiger charge is -2.36. The molecule has 2 aliphatic heterocycles. The van der Waals surface area contributed by atoms with Gasteiger partial charge in [-0.25, -0.2) is 4.79 Å². The fourth-order valence-electron chi connectivity index (χ4n) is 3.11. The molecular formula is C14H19ClN4O2. The summed E-state index contributed by atoms with van der Waals surface area (Å²) in [4.78, 5) is 27.9.